The molecular formula is C19H19N3O. The summed E-state index contributed by atoms with van der Waals surface area (Å²) in [7, 11) is 0. The van der Waals surface area contributed by atoms with Crippen molar-refractivity contribution in [3.63, 3.8) is 0 Å². The van der Waals surface area contributed by atoms with Crippen molar-refractivity contribution >= 4 is 16.9 Å². The first-order valence-electron chi connectivity index (χ1n) is 8.05. The fraction of sp³-hybridized carbons (Fsp3) is 0.263. The highest BCUT2D eigenvalue weighted by molar-refractivity contribution is 5.94. The summed E-state index contributed by atoms with van der Waals surface area (Å²) in [5.41, 5.74) is 2.98. The van der Waals surface area contributed by atoms with E-state index in [2.05, 4.69) is 15.6 Å². The first-order chi connectivity index (χ1) is 11.3. The second kappa shape index (κ2) is 5.88. The number of fused-ring (bicyclic) bond motifs is 1. The molecule has 1 saturated heterocycles. The number of aromatic nitrogens is 2. The number of benzene rings is 2. The van der Waals surface area contributed by atoms with Crippen LogP contribution in [0.5, 0.6) is 0 Å². The summed E-state index contributed by atoms with van der Waals surface area (Å²) < 4.78 is 2.20. The topological polar surface area (TPSA) is 38.1 Å². The minimum atomic E-state index is 0.142. The smallest absolute Gasteiger partial charge is 0.253 e. The molecule has 116 valence electrons. The largest absolute Gasteiger partial charge is 0.338 e. The van der Waals surface area contributed by atoms with Crippen molar-refractivity contribution < 1.29 is 4.79 Å². The number of rotatable bonds is 3. The van der Waals surface area contributed by atoms with Gasteiger partial charge in [0.15, 0.2) is 0 Å². The molecule has 4 heteroatoms. The lowest BCUT2D eigenvalue weighted by atomic mass is 10.1. The van der Waals surface area contributed by atoms with E-state index in [0.717, 1.165) is 37.1 Å². The molecule has 1 atom stereocenters. The molecule has 0 saturated carbocycles. The summed E-state index contributed by atoms with van der Waals surface area (Å²) in [5, 5.41) is 0. The SMILES string of the molecule is O=C(c1ccccc1)N1CC[C@H](Cn2cnc3ccccc32)C1. The Hall–Kier alpha value is -2.62. The van der Waals surface area contributed by atoms with Crippen LogP contribution in [0.15, 0.2) is 60.9 Å². The Balaban J connectivity index is 1.45. The van der Waals surface area contributed by atoms with Gasteiger partial charge in [-0.25, -0.2) is 4.98 Å². The lowest BCUT2D eigenvalue weighted by molar-refractivity contribution is 0.0786. The Bertz CT molecular complexity index is 825. The average Bonchev–Trinajstić information content (AvgIpc) is 3.23. The van der Waals surface area contributed by atoms with E-state index in [1.807, 2.05) is 59.8 Å². The molecule has 1 fully saturated rings. The Labute approximate surface area is 135 Å². The maximum atomic E-state index is 12.5. The predicted molar refractivity (Wildman–Crippen MR) is 90.2 cm³/mol. The normalized spacial score (nSPS) is 17.7. The molecule has 1 aliphatic heterocycles. The van der Waals surface area contributed by atoms with E-state index in [9.17, 15) is 4.79 Å². The standard InChI is InChI=1S/C19H19N3O/c23-19(16-6-2-1-3-7-16)21-11-10-15(12-21)13-22-14-20-17-8-4-5-9-18(17)22/h1-9,14-15H,10-13H2/t15-/m0/s1. The third kappa shape index (κ3) is 2.72. The number of imidazole rings is 1. The molecule has 1 aromatic heterocycles. The minimum Gasteiger partial charge on any atom is -0.338 e. The highest BCUT2D eigenvalue weighted by atomic mass is 16.2. The maximum Gasteiger partial charge on any atom is 0.253 e. The molecule has 1 amide bonds. The molecule has 4 nitrogen and oxygen atoms in total. The van der Waals surface area contributed by atoms with Crippen LogP contribution in [0.3, 0.4) is 0 Å². The Kier molecular flexibility index (Phi) is 3.58. The Morgan fingerprint density at radius 1 is 1.09 bits per heavy atom. The third-order valence-corrected chi connectivity index (χ3v) is 4.58. The van der Waals surface area contributed by atoms with Crippen LogP contribution in [0, 0.1) is 5.92 Å². The molecule has 1 aliphatic rings. The summed E-state index contributed by atoms with van der Waals surface area (Å²) in [6.45, 7) is 2.57. The van der Waals surface area contributed by atoms with E-state index in [1.54, 1.807) is 0 Å². The molecule has 2 heterocycles. The van der Waals surface area contributed by atoms with Crippen LogP contribution in [0.2, 0.25) is 0 Å². The van der Waals surface area contributed by atoms with Crippen molar-refractivity contribution in [1.82, 2.24) is 14.5 Å². The number of para-hydroxylation sites is 2. The van der Waals surface area contributed by atoms with Crippen molar-refractivity contribution in [3.8, 4) is 0 Å². The van der Waals surface area contributed by atoms with Crippen molar-refractivity contribution in [2.45, 2.75) is 13.0 Å². The average molecular weight is 305 g/mol. The van der Waals surface area contributed by atoms with Crippen LogP contribution in [-0.4, -0.2) is 33.4 Å². The molecule has 0 aliphatic carbocycles. The number of carbonyl (C=O) groups excluding carboxylic acids is 1. The third-order valence-electron chi connectivity index (χ3n) is 4.58. The Morgan fingerprint density at radius 2 is 1.87 bits per heavy atom. The van der Waals surface area contributed by atoms with Crippen LogP contribution >= 0.6 is 0 Å². The van der Waals surface area contributed by atoms with Gasteiger partial charge in [0, 0.05) is 25.2 Å². The highest BCUT2D eigenvalue weighted by Gasteiger charge is 2.27. The summed E-state index contributed by atoms with van der Waals surface area (Å²) in [6.07, 6.45) is 2.96. The van der Waals surface area contributed by atoms with Gasteiger partial charge in [-0.05, 0) is 36.6 Å². The molecule has 0 radical (unpaired) electrons. The van der Waals surface area contributed by atoms with Gasteiger partial charge in [0.25, 0.3) is 5.91 Å². The summed E-state index contributed by atoms with van der Waals surface area (Å²) in [5.74, 6) is 0.629. The summed E-state index contributed by atoms with van der Waals surface area (Å²) in [6, 6.07) is 17.7. The lowest BCUT2D eigenvalue weighted by Crippen LogP contribution is -2.29. The number of hydrogen-bond acceptors (Lipinski definition) is 2. The van der Waals surface area contributed by atoms with E-state index in [-0.39, 0.29) is 5.91 Å². The molecule has 0 unspecified atom stereocenters. The quantitative estimate of drug-likeness (QED) is 0.745. The van der Waals surface area contributed by atoms with Gasteiger partial charge in [-0.15, -0.1) is 0 Å². The van der Waals surface area contributed by atoms with Crippen LogP contribution in [0.4, 0.5) is 0 Å². The second-order valence-electron chi connectivity index (χ2n) is 6.16. The van der Waals surface area contributed by atoms with Crippen molar-refractivity contribution in [2.24, 2.45) is 5.92 Å². The highest BCUT2D eigenvalue weighted by Crippen LogP contribution is 2.22. The first kappa shape index (κ1) is 14.0. The first-order valence-corrected chi connectivity index (χ1v) is 8.05. The van der Waals surface area contributed by atoms with Crippen molar-refractivity contribution in [1.29, 1.82) is 0 Å². The van der Waals surface area contributed by atoms with Crippen molar-refractivity contribution in [2.75, 3.05) is 13.1 Å². The monoisotopic (exact) mass is 305 g/mol. The van der Waals surface area contributed by atoms with E-state index in [1.165, 1.54) is 5.52 Å². The number of nitrogens with zero attached hydrogens (tertiary/aromatic N) is 3. The van der Waals surface area contributed by atoms with E-state index >= 15 is 0 Å². The van der Waals surface area contributed by atoms with Crippen LogP contribution in [0.1, 0.15) is 16.8 Å². The van der Waals surface area contributed by atoms with Gasteiger partial charge < -0.3 is 9.47 Å². The zero-order chi connectivity index (χ0) is 15.6. The predicted octanol–water partition coefficient (Wildman–Crippen LogP) is 3.20. The number of amides is 1. The van der Waals surface area contributed by atoms with Crippen molar-refractivity contribution in [3.05, 3.63) is 66.5 Å². The van der Waals surface area contributed by atoms with Gasteiger partial charge in [-0.3, -0.25) is 4.79 Å². The van der Waals surface area contributed by atoms with Gasteiger partial charge in [-0.2, -0.15) is 0 Å². The zero-order valence-electron chi connectivity index (χ0n) is 12.9. The summed E-state index contributed by atoms with van der Waals surface area (Å²) in [4.78, 5) is 18.9. The fourth-order valence-corrected chi connectivity index (χ4v) is 3.36. The molecule has 4 rings (SSSR count). The Morgan fingerprint density at radius 3 is 2.74 bits per heavy atom. The molecule has 23 heavy (non-hydrogen) atoms. The van der Waals surface area contributed by atoms with E-state index in [0.29, 0.717) is 5.92 Å². The van der Waals surface area contributed by atoms with Gasteiger partial charge >= 0.3 is 0 Å². The fourth-order valence-electron chi connectivity index (χ4n) is 3.36. The molecular weight excluding hydrogens is 286 g/mol. The maximum absolute atomic E-state index is 12.5. The molecule has 3 aromatic rings. The van der Waals surface area contributed by atoms with Gasteiger partial charge in [0.1, 0.15) is 0 Å². The molecule has 0 spiro atoms. The second-order valence-corrected chi connectivity index (χ2v) is 6.16. The van der Waals surface area contributed by atoms with Crippen LogP contribution < -0.4 is 0 Å². The lowest BCUT2D eigenvalue weighted by Gasteiger charge is -2.17. The minimum absolute atomic E-state index is 0.142. The van der Waals surface area contributed by atoms with Gasteiger partial charge in [0.2, 0.25) is 0 Å². The van der Waals surface area contributed by atoms with E-state index in [4.69, 9.17) is 0 Å². The number of hydrogen-bond donors (Lipinski definition) is 0. The number of carbonyl (C=O) groups is 1. The van der Waals surface area contributed by atoms with Crippen LogP contribution in [0.25, 0.3) is 11.0 Å². The molecule has 0 N–H and O–H groups in total. The molecule has 0 bridgehead atoms. The molecule has 2 aromatic carbocycles. The number of likely N-dealkylation sites (tertiary alicyclic amines) is 1. The van der Waals surface area contributed by atoms with Gasteiger partial charge in [0.05, 0.1) is 17.4 Å². The van der Waals surface area contributed by atoms with Gasteiger partial charge in [-0.1, -0.05) is 30.3 Å². The van der Waals surface area contributed by atoms with Crippen LogP contribution in [-0.2, 0) is 6.54 Å². The zero-order valence-corrected chi connectivity index (χ0v) is 12.9. The van der Waals surface area contributed by atoms with E-state index < -0.39 is 0 Å². The summed E-state index contributed by atoms with van der Waals surface area (Å²) >= 11 is 0.